The molecule has 112 valence electrons. The molecule has 2 aliphatic heterocycles. The highest BCUT2D eigenvalue weighted by Crippen LogP contribution is 2.19. The van der Waals surface area contributed by atoms with E-state index in [0.717, 1.165) is 38.4 Å². The van der Waals surface area contributed by atoms with Gasteiger partial charge in [-0.3, -0.25) is 4.68 Å². The van der Waals surface area contributed by atoms with E-state index >= 15 is 0 Å². The van der Waals surface area contributed by atoms with E-state index in [1.165, 1.54) is 44.7 Å². The Hall–Kier alpha value is -1.07. The number of nitrogens with zero attached hydrogens (tertiary/aromatic N) is 4. The lowest BCUT2D eigenvalue weighted by atomic mass is 10.1. The van der Waals surface area contributed by atoms with Crippen LogP contribution in [-0.2, 0) is 13.0 Å². The fraction of sp³-hybridized carbons (Fsp3) is 0.800. The highest BCUT2D eigenvalue weighted by Gasteiger charge is 2.14. The number of hydrogen-bond donors (Lipinski definition) is 0. The van der Waals surface area contributed by atoms with Crippen LogP contribution in [0.2, 0.25) is 0 Å². The lowest BCUT2D eigenvalue weighted by molar-refractivity contribution is 0.145. The number of aromatic nitrogens is 2. The lowest BCUT2D eigenvalue weighted by Crippen LogP contribution is -2.44. The largest absolute Gasteiger partial charge is 0.477 e. The van der Waals surface area contributed by atoms with Crippen LogP contribution in [0, 0.1) is 0 Å². The van der Waals surface area contributed by atoms with Gasteiger partial charge in [0.25, 0.3) is 0 Å². The Morgan fingerprint density at radius 3 is 2.80 bits per heavy atom. The van der Waals surface area contributed by atoms with Crippen molar-refractivity contribution in [1.29, 1.82) is 0 Å². The monoisotopic (exact) mass is 278 g/mol. The average molecular weight is 278 g/mol. The van der Waals surface area contributed by atoms with E-state index in [2.05, 4.69) is 32.7 Å². The summed E-state index contributed by atoms with van der Waals surface area (Å²) in [4.78, 5) is 4.92. The van der Waals surface area contributed by atoms with Gasteiger partial charge in [0.15, 0.2) is 0 Å². The minimum Gasteiger partial charge on any atom is -0.477 e. The highest BCUT2D eigenvalue weighted by atomic mass is 16.5. The van der Waals surface area contributed by atoms with E-state index in [1.807, 2.05) is 0 Å². The standard InChI is InChI=1S/C15H26N4O/c1-17-8-10-18(11-9-17)6-4-12-20-15-13-14-5-2-3-7-19(14)16-15/h13H,2-12H2,1H3. The van der Waals surface area contributed by atoms with Gasteiger partial charge in [0, 0.05) is 51.0 Å². The molecular formula is C15H26N4O. The van der Waals surface area contributed by atoms with Crippen molar-refractivity contribution >= 4 is 0 Å². The van der Waals surface area contributed by atoms with Gasteiger partial charge in [-0.2, -0.15) is 0 Å². The molecule has 0 spiro atoms. The van der Waals surface area contributed by atoms with E-state index < -0.39 is 0 Å². The smallest absolute Gasteiger partial charge is 0.233 e. The van der Waals surface area contributed by atoms with Crippen molar-refractivity contribution in [3.63, 3.8) is 0 Å². The third kappa shape index (κ3) is 3.52. The van der Waals surface area contributed by atoms with Crippen molar-refractivity contribution in [3.05, 3.63) is 11.8 Å². The van der Waals surface area contributed by atoms with Crippen LogP contribution in [0.25, 0.3) is 0 Å². The molecule has 0 amide bonds. The first kappa shape index (κ1) is 13.9. The first-order chi connectivity index (χ1) is 9.81. The van der Waals surface area contributed by atoms with Crippen LogP contribution in [-0.4, -0.2) is 66.0 Å². The molecule has 1 fully saturated rings. The molecule has 5 nitrogen and oxygen atoms in total. The van der Waals surface area contributed by atoms with Gasteiger partial charge in [-0.15, -0.1) is 5.10 Å². The minimum atomic E-state index is 0.781. The molecule has 0 aliphatic carbocycles. The van der Waals surface area contributed by atoms with Crippen molar-refractivity contribution in [3.8, 4) is 5.88 Å². The molecule has 1 aromatic rings. The molecule has 20 heavy (non-hydrogen) atoms. The summed E-state index contributed by atoms with van der Waals surface area (Å²) in [7, 11) is 2.20. The minimum absolute atomic E-state index is 0.781. The van der Waals surface area contributed by atoms with Crippen molar-refractivity contribution in [2.75, 3.05) is 46.4 Å². The van der Waals surface area contributed by atoms with E-state index in [9.17, 15) is 0 Å². The summed E-state index contributed by atoms with van der Waals surface area (Å²) in [5, 5.41) is 4.52. The normalized spacial score (nSPS) is 20.9. The van der Waals surface area contributed by atoms with Gasteiger partial charge in [0.05, 0.1) is 6.61 Å². The molecule has 3 rings (SSSR count). The van der Waals surface area contributed by atoms with Crippen LogP contribution < -0.4 is 4.74 Å². The zero-order chi connectivity index (χ0) is 13.8. The summed E-state index contributed by atoms with van der Waals surface area (Å²) < 4.78 is 7.91. The van der Waals surface area contributed by atoms with Crippen LogP contribution in [0.4, 0.5) is 0 Å². The Morgan fingerprint density at radius 2 is 2.00 bits per heavy atom. The van der Waals surface area contributed by atoms with Crippen LogP contribution in [0.1, 0.15) is 25.0 Å². The molecule has 1 aromatic heterocycles. The molecule has 5 heteroatoms. The molecule has 0 radical (unpaired) electrons. The van der Waals surface area contributed by atoms with Gasteiger partial charge in [-0.25, -0.2) is 0 Å². The SMILES string of the molecule is CN1CCN(CCCOc2cc3n(n2)CCCC3)CC1. The zero-order valence-electron chi connectivity index (χ0n) is 12.6. The second-order valence-electron chi connectivity index (χ2n) is 6.00. The molecule has 0 aromatic carbocycles. The molecule has 2 aliphatic rings. The van der Waals surface area contributed by atoms with Crippen molar-refractivity contribution in [1.82, 2.24) is 19.6 Å². The van der Waals surface area contributed by atoms with Gasteiger partial charge in [-0.05, 0) is 32.7 Å². The van der Waals surface area contributed by atoms with Crippen molar-refractivity contribution in [2.45, 2.75) is 32.2 Å². The highest BCUT2D eigenvalue weighted by molar-refractivity contribution is 5.16. The second-order valence-corrected chi connectivity index (χ2v) is 6.00. The van der Waals surface area contributed by atoms with Gasteiger partial charge in [0.2, 0.25) is 5.88 Å². The molecule has 1 saturated heterocycles. The zero-order valence-corrected chi connectivity index (χ0v) is 12.6. The average Bonchev–Trinajstić information content (AvgIpc) is 2.88. The fourth-order valence-corrected chi connectivity index (χ4v) is 3.00. The molecule has 0 saturated carbocycles. The maximum Gasteiger partial charge on any atom is 0.233 e. The number of piperazine rings is 1. The molecule has 0 atom stereocenters. The van der Waals surface area contributed by atoms with Crippen LogP contribution in [0.15, 0.2) is 6.07 Å². The lowest BCUT2D eigenvalue weighted by Gasteiger charge is -2.32. The summed E-state index contributed by atoms with van der Waals surface area (Å²) in [6.45, 7) is 7.73. The second kappa shape index (κ2) is 6.59. The Labute approximate surface area is 121 Å². The number of aryl methyl sites for hydroxylation is 2. The van der Waals surface area contributed by atoms with Crippen LogP contribution >= 0.6 is 0 Å². The predicted molar refractivity (Wildman–Crippen MR) is 79.2 cm³/mol. The maximum absolute atomic E-state index is 5.80. The molecule has 3 heterocycles. The van der Waals surface area contributed by atoms with Gasteiger partial charge in [-0.1, -0.05) is 0 Å². The van der Waals surface area contributed by atoms with Gasteiger partial charge >= 0.3 is 0 Å². The quantitative estimate of drug-likeness (QED) is 0.759. The van der Waals surface area contributed by atoms with E-state index in [1.54, 1.807) is 0 Å². The van der Waals surface area contributed by atoms with Crippen LogP contribution in [0.5, 0.6) is 5.88 Å². The Bertz CT molecular complexity index is 400. The number of ether oxygens (including phenoxy) is 1. The fourth-order valence-electron chi connectivity index (χ4n) is 3.00. The van der Waals surface area contributed by atoms with E-state index in [0.29, 0.717) is 0 Å². The van der Waals surface area contributed by atoms with Gasteiger partial charge in [0.1, 0.15) is 0 Å². The number of fused-ring (bicyclic) bond motifs is 1. The molecule has 0 bridgehead atoms. The van der Waals surface area contributed by atoms with Crippen molar-refractivity contribution < 1.29 is 4.74 Å². The first-order valence-corrected chi connectivity index (χ1v) is 7.92. The van der Waals surface area contributed by atoms with Crippen LogP contribution in [0.3, 0.4) is 0 Å². The molecular weight excluding hydrogens is 252 g/mol. The van der Waals surface area contributed by atoms with E-state index in [-0.39, 0.29) is 0 Å². The summed E-state index contributed by atoms with van der Waals surface area (Å²) in [5.41, 5.74) is 1.34. The Kier molecular flexibility index (Phi) is 4.58. The Balaban J connectivity index is 1.36. The Morgan fingerprint density at radius 1 is 1.15 bits per heavy atom. The summed E-state index contributed by atoms with van der Waals surface area (Å²) >= 11 is 0. The summed E-state index contributed by atoms with van der Waals surface area (Å²) in [6, 6.07) is 2.12. The molecule has 0 unspecified atom stereocenters. The molecule has 0 N–H and O–H groups in total. The van der Waals surface area contributed by atoms with Crippen molar-refractivity contribution in [2.24, 2.45) is 0 Å². The maximum atomic E-state index is 5.80. The number of hydrogen-bond acceptors (Lipinski definition) is 4. The summed E-state index contributed by atoms with van der Waals surface area (Å²) in [6.07, 6.45) is 4.77. The van der Waals surface area contributed by atoms with E-state index in [4.69, 9.17) is 4.74 Å². The topological polar surface area (TPSA) is 33.5 Å². The third-order valence-corrected chi connectivity index (χ3v) is 4.36. The number of rotatable bonds is 5. The number of likely N-dealkylation sites (N-methyl/N-ethyl adjacent to an activating group) is 1. The van der Waals surface area contributed by atoms with Gasteiger partial charge < -0.3 is 14.5 Å². The summed E-state index contributed by atoms with van der Waals surface area (Å²) in [5.74, 6) is 0.820. The third-order valence-electron chi connectivity index (χ3n) is 4.36. The first-order valence-electron chi connectivity index (χ1n) is 7.92. The predicted octanol–water partition coefficient (Wildman–Crippen LogP) is 1.24.